The van der Waals surface area contributed by atoms with E-state index in [-0.39, 0.29) is 5.97 Å². The molecule has 1 aliphatic rings. The van der Waals surface area contributed by atoms with Crippen LogP contribution in [0.3, 0.4) is 0 Å². The van der Waals surface area contributed by atoms with Gasteiger partial charge in [0.15, 0.2) is 5.65 Å². The molecule has 1 saturated carbocycles. The van der Waals surface area contributed by atoms with Gasteiger partial charge in [0.05, 0.1) is 35.1 Å². The highest BCUT2D eigenvalue weighted by Crippen LogP contribution is 2.41. The summed E-state index contributed by atoms with van der Waals surface area (Å²) in [6, 6.07) is 2.16. The lowest BCUT2D eigenvalue weighted by Crippen LogP contribution is -2.04. The molecule has 7 heteroatoms. The summed E-state index contributed by atoms with van der Waals surface area (Å²) in [7, 11) is 0. The van der Waals surface area contributed by atoms with Crippen molar-refractivity contribution in [3.63, 3.8) is 0 Å². The number of rotatable bonds is 5. The highest BCUT2D eigenvalue weighted by Gasteiger charge is 2.24. The number of esters is 1. The smallest absolute Gasteiger partial charge is 0.341 e. The van der Waals surface area contributed by atoms with Crippen LogP contribution in [0.25, 0.3) is 5.65 Å². The number of ether oxygens (including phenoxy) is 1. The fraction of sp³-hybridized carbons (Fsp3) is 0.353. The molecule has 3 heterocycles. The normalized spacial score (nSPS) is 14.2. The number of imidazole rings is 1. The molecule has 0 aliphatic heterocycles. The molecule has 4 rings (SSSR count). The third-order valence-electron chi connectivity index (χ3n) is 4.09. The van der Waals surface area contributed by atoms with Crippen LogP contribution in [0.2, 0.25) is 0 Å². The monoisotopic (exact) mass is 388 g/mol. The molecule has 3 aromatic heterocycles. The van der Waals surface area contributed by atoms with Gasteiger partial charge in [0.25, 0.3) is 0 Å². The third-order valence-corrected chi connectivity index (χ3v) is 4.68. The van der Waals surface area contributed by atoms with E-state index < -0.39 is 0 Å². The molecule has 24 heavy (non-hydrogen) atoms. The summed E-state index contributed by atoms with van der Waals surface area (Å²) in [6.07, 6.45) is 9.91. The number of halogens is 1. The Morgan fingerprint density at radius 1 is 1.38 bits per heavy atom. The molecule has 0 unspecified atom stereocenters. The maximum atomic E-state index is 11.7. The Balaban J connectivity index is 1.58. The predicted molar refractivity (Wildman–Crippen MR) is 92.2 cm³/mol. The number of aromatic nitrogens is 4. The van der Waals surface area contributed by atoms with Crippen molar-refractivity contribution in [3.05, 3.63) is 52.1 Å². The summed E-state index contributed by atoms with van der Waals surface area (Å²) in [5, 5.41) is 4.22. The maximum absolute atomic E-state index is 11.7. The zero-order valence-electron chi connectivity index (χ0n) is 13.3. The van der Waals surface area contributed by atoms with Crippen LogP contribution in [0, 0.1) is 0 Å². The van der Waals surface area contributed by atoms with E-state index in [9.17, 15) is 4.79 Å². The predicted octanol–water partition coefficient (Wildman–Crippen LogP) is 3.40. The summed E-state index contributed by atoms with van der Waals surface area (Å²) in [4.78, 5) is 16.4. The number of pyridine rings is 1. The Bertz CT molecular complexity index is 911. The van der Waals surface area contributed by atoms with Crippen molar-refractivity contribution in [2.45, 2.75) is 32.2 Å². The lowest BCUT2D eigenvalue weighted by atomic mass is 10.2. The minimum atomic E-state index is -0.351. The van der Waals surface area contributed by atoms with E-state index in [1.165, 1.54) is 24.6 Å². The topological polar surface area (TPSA) is 61.4 Å². The van der Waals surface area contributed by atoms with Crippen molar-refractivity contribution in [3.8, 4) is 0 Å². The van der Waals surface area contributed by atoms with Gasteiger partial charge in [0, 0.05) is 18.6 Å². The molecular formula is C17H17BrN4O2. The Labute approximate surface area is 147 Å². The van der Waals surface area contributed by atoms with Crippen LogP contribution in [0.15, 0.2) is 35.3 Å². The SMILES string of the molecule is CCOC(=O)c1cnn(Cc2cn3cc(C4CC4)cc(Br)c3n2)c1. The van der Waals surface area contributed by atoms with Gasteiger partial charge < -0.3 is 9.14 Å². The standard InChI is InChI=1S/C17H17BrN4O2/c1-2-24-17(23)13-6-19-22(8-13)10-14-9-21-7-12(11-3-4-11)5-15(18)16(21)20-14/h5-9,11H,2-4,10H2,1H3. The number of nitrogens with zero attached hydrogens (tertiary/aromatic N) is 4. The van der Waals surface area contributed by atoms with E-state index in [0.29, 0.717) is 24.6 Å². The molecule has 0 atom stereocenters. The minimum absolute atomic E-state index is 0.351. The molecule has 0 amide bonds. The van der Waals surface area contributed by atoms with Gasteiger partial charge in [-0.2, -0.15) is 5.10 Å². The Morgan fingerprint density at radius 2 is 2.21 bits per heavy atom. The first kappa shape index (κ1) is 15.4. The van der Waals surface area contributed by atoms with E-state index in [4.69, 9.17) is 4.74 Å². The van der Waals surface area contributed by atoms with Crippen molar-refractivity contribution < 1.29 is 9.53 Å². The fourth-order valence-corrected chi connectivity index (χ4v) is 3.34. The lowest BCUT2D eigenvalue weighted by Gasteiger charge is -2.01. The molecule has 0 N–H and O–H groups in total. The molecule has 0 aromatic carbocycles. The second-order valence-corrected chi connectivity index (χ2v) is 6.86. The zero-order chi connectivity index (χ0) is 16.7. The summed E-state index contributed by atoms with van der Waals surface area (Å²) < 4.78 is 9.74. The molecule has 0 saturated heterocycles. The van der Waals surface area contributed by atoms with E-state index in [2.05, 4.69) is 42.7 Å². The highest BCUT2D eigenvalue weighted by atomic mass is 79.9. The molecule has 124 valence electrons. The number of carbonyl (C=O) groups excluding carboxylic acids is 1. The van der Waals surface area contributed by atoms with Crippen LogP contribution in [0.1, 0.15) is 47.3 Å². The summed E-state index contributed by atoms with van der Waals surface area (Å²) in [6.45, 7) is 2.65. The van der Waals surface area contributed by atoms with Crippen LogP contribution in [-0.2, 0) is 11.3 Å². The Hall–Kier alpha value is -2.15. The quantitative estimate of drug-likeness (QED) is 0.628. The van der Waals surface area contributed by atoms with Gasteiger partial charge in [-0.1, -0.05) is 0 Å². The third kappa shape index (κ3) is 2.96. The molecule has 1 aliphatic carbocycles. The first-order chi connectivity index (χ1) is 11.6. The molecule has 1 fully saturated rings. The van der Waals surface area contributed by atoms with Gasteiger partial charge in [-0.25, -0.2) is 9.78 Å². The summed E-state index contributed by atoms with van der Waals surface area (Å²) in [5.41, 5.74) is 3.59. The molecule has 0 spiro atoms. The van der Waals surface area contributed by atoms with Gasteiger partial charge in [-0.15, -0.1) is 0 Å². The van der Waals surface area contributed by atoms with E-state index in [0.717, 1.165) is 15.8 Å². The van der Waals surface area contributed by atoms with E-state index in [1.54, 1.807) is 17.8 Å². The number of hydrogen-bond donors (Lipinski definition) is 0. The first-order valence-corrected chi connectivity index (χ1v) is 8.80. The molecule has 6 nitrogen and oxygen atoms in total. The van der Waals surface area contributed by atoms with Crippen LogP contribution >= 0.6 is 15.9 Å². The lowest BCUT2D eigenvalue weighted by molar-refractivity contribution is 0.0526. The first-order valence-electron chi connectivity index (χ1n) is 8.00. The Morgan fingerprint density at radius 3 is 2.96 bits per heavy atom. The second-order valence-electron chi connectivity index (χ2n) is 6.01. The van der Waals surface area contributed by atoms with E-state index >= 15 is 0 Å². The molecular weight excluding hydrogens is 372 g/mol. The minimum Gasteiger partial charge on any atom is -0.462 e. The highest BCUT2D eigenvalue weighted by molar-refractivity contribution is 9.10. The zero-order valence-corrected chi connectivity index (χ0v) is 14.9. The molecule has 3 aromatic rings. The van der Waals surface area contributed by atoms with Gasteiger partial charge in [0.1, 0.15) is 0 Å². The van der Waals surface area contributed by atoms with Gasteiger partial charge >= 0.3 is 5.97 Å². The van der Waals surface area contributed by atoms with Crippen molar-refractivity contribution >= 4 is 27.5 Å². The van der Waals surface area contributed by atoms with Gasteiger partial charge in [0.2, 0.25) is 0 Å². The van der Waals surface area contributed by atoms with Crippen LogP contribution in [0.4, 0.5) is 0 Å². The number of carbonyl (C=O) groups is 1. The van der Waals surface area contributed by atoms with Crippen LogP contribution in [-0.4, -0.2) is 31.7 Å². The van der Waals surface area contributed by atoms with Crippen molar-refractivity contribution in [1.82, 2.24) is 19.2 Å². The Kier molecular flexibility index (Phi) is 3.88. The van der Waals surface area contributed by atoms with Crippen molar-refractivity contribution in [1.29, 1.82) is 0 Å². The summed E-state index contributed by atoms with van der Waals surface area (Å²) >= 11 is 3.62. The number of hydrogen-bond acceptors (Lipinski definition) is 4. The van der Waals surface area contributed by atoms with Crippen LogP contribution in [0.5, 0.6) is 0 Å². The van der Waals surface area contributed by atoms with Gasteiger partial charge in [-0.3, -0.25) is 4.68 Å². The average Bonchev–Trinajstić information content (AvgIpc) is 3.16. The largest absolute Gasteiger partial charge is 0.462 e. The molecule has 0 bridgehead atoms. The number of fused-ring (bicyclic) bond motifs is 1. The van der Waals surface area contributed by atoms with E-state index in [1.807, 2.05) is 6.20 Å². The maximum Gasteiger partial charge on any atom is 0.341 e. The molecule has 0 radical (unpaired) electrons. The second kappa shape index (κ2) is 6.05. The fourth-order valence-electron chi connectivity index (χ4n) is 2.78. The van der Waals surface area contributed by atoms with Crippen molar-refractivity contribution in [2.24, 2.45) is 0 Å². The van der Waals surface area contributed by atoms with Crippen molar-refractivity contribution in [2.75, 3.05) is 6.61 Å². The van der Waals surface area contributed by atoms with Gasteiger partial charge in [-0.05, 0) is 53.2 Å². The van der Waals surface area contributed by atoms with Crippen LogP contribution < -0.4 is 0 Å². The average molecular weight is 389 g/mol. The summed E-state index contributed by atoms with van der Waals surface area (Å²) in [5.74, 6) is 0.338.